The van der Waals surface area contributed by atoms with E-state index in [1.165, 1.54) is 28.8 Å². The first-order chi connectivity index (χ1) is 14.8. The number of rotatable bonds is 9. The molecule has 1 aromatic carbocycles. The molecule has 0 radical (unpaired) electrons. The first-order valence-electron chi connectivity index (χ1n) is 9.53. The van der Waals surface area contributed by atoms with Crippen molar-refractivity contribution in [2.24, 2.45) is 0 Å². The molecule has 0 aliphatic heterocycles. The van der Waals surface area contributed by atoms with Gasteiger partial charge in [-0.3, -0.25) is 9.36 Å². The number of alkyl halides is 3. The second kappa shape index (κ2) is 10.1. The smallest absolute Gasteiger partial charge is 0.325 e. The number of thiophene rings is 1. The summed E-state index contributed by atoms with van der Waals surface area (Å²) in [4.78, 5) is 13.5. The maximum atomic E-state index is 12.8. The largest absolute Gasteiger partial charge is 0.416 e. The number of benzene rings is 1. The van der Waals surface area contributed by atoms with Crippen LogP contribution in [0.3, 0.4) is 0 Å². The number of hydrogen-bond acceptors (Lipinski definition) is 5. The van der Waals surface area contributed by atoms with Crippen LogP contribution in [0.1, 0.15) is 23.8 Å². The fourth-order valence-corrected chi connectivity index (χ4v) is 4.60. The van der Waals surface area contributed by atoms with Crippen LogP contribution >= 0.6 is 23.1 Å². The molecule has 3 rings (SSSR count). The summed E-state index contributed by atoms with van der Waals surface area (Å²) in [7, 11) is 0. The number of hydrogen-bond donors (Lipinski definition) is 1. The Morgan fingerprint density at radius 1 is 1.32 bits per heavy atom. The summed E-state index contributed by atoms with van der Waals surface area (Å²) in [5.74, 6) is 0.245. The average molecular weight is 467 g/mol. The first-order valence-corrected chi connectivity index (χ1v) is 11.4. The second-order valence-electron chi connectivity index (χ2n) is 6.67. The standard InChI is InChI=1S/C21H21F3N4OS2/c1-3-6-17-10-14(12-30-17)19-26-27-20(28(19)9-4-2)31-13-18(29)25-16-8-5-7-15(11-16)21(22,23)24/h4-5,7-8,10-12H,2-3,6,9,13H2,1H3,(H,25,29). The highest BCUT2D eigenvalue weighted by atomic mass is 32.2. The minimum absolute atomic E-state index is 0.0176. The van der Waals surface area contributed by atoms with Gasteiger partial charge in [0.25, 0.3) is 0 Å². The summed E-state index contributed by atoms with van der Waals surface area (Å²) in [6.07, 6.45) is -0.691. The molecule has 3 aromatic rings. The first kappa shape index (κ1) is 23.1. The van der Waals surface area contributed by atoms with E-state index in [1.54, 1.807) is 17.4 Å². The van der Waals surface area contributed by atoms with Crippen molar-refractivity contribution in [3.05, 3.63) is 58.8 Å². The number of anilines is 1. The number of thioether (sulfide) groups is 1. The number of halogens is 3. The topological polar surface area (TPSA) is 59.8 Å². The van der Waals surface area contributed by atoms with Crippen molar-refractivity contribution in [2.45, 2.75) is 37.6 Å². The van der Waals surface area contributed by atoms with Crippen LogP contribution in [0.4, 0.5) is 18.9 Å². The van der Waals surface area contributed by atoms with E-state index in [9.17, 15) is 18.0 Å². The zero-order valence-electron chi connectivity index (χ0n) is 16.8. The van der Waals surface area contributed by atoms with Crippen molar-refractivity contribution in [1.82, 2.24) is 14.8 Å². The SMILES string of the molecule is C=CCn1c(SCC(=O)Nc2cccc(C(F)(F)F)c2)nnc1-c1csc(CCC)c1. The molecular weight excluding hydrogens is 445 g/mol. The van der Waals surface area contributed by atoms with Crippen LogP contribution < -0.4 is 5.32 Å². The number of aromatic nitrogens is 3. The molecule has 164 valence electrons. The number of aryl methyl sites for hydroxylation is 1. The molecule has 0 atom stereocenters. The maximum absolute atomic E-state index is 12.8. The van der Waals surface area contributed by atoms with Crippen LogP contribution in [0.2, 0.25) is 0 Å². The van der Waals surface area contributed by atoms with Gasteiger partial charge in [-0.1, -0.05) is 37.2 Å². The highest BCUT2D eigenvalue weighted by Gasteiger charge is 2.30. The highest BCUT2D eigenvalue weighted by Crippen LogP contribution is 2.31. The quantitative estimate of drug-likeness (QED) is 0.315. The summed E-state index contributed by atoms with van der Waals surface area (Å²) < 4.78 is 40.4. The van der Waals surface area contributed by atoms with E-state index in [0.717, 1.165) is 30.5 Å². The molecule has 5 nitrogen and oxygen atoms in total. The summed E-state index contributed by atoms with van der Waals surface area (Å²) in [5, 5.41) is 13.5. The predicted octanol–water partition coefficient (Wildman–Crippen LogP) is 5.89. The Morgan fingerprint density at radius 2 is 2.13 bits per heavy atom. The Hall–Kier alpha value is -2.59. The van der Waals surface area contributed by atoms with Gasteiger partial charge in [0, 0.05) is 28.1 Å². The Morgan fingerprint density at radius 3 is 2.84 bits per heavy atom. The lowest BCUT2D eigenvalue weighted by Crippen LogP contribution is -2.15. The van der Waals surface area contributed by atoms with Crippen molar-refractivity contribution < 1.29 is 18.0 Å². The van der Waals surface area contributed by atoms with E-state index in [0.29, 0.717) is 17.5 Å². The average Bonchev–Trinajstić information content (AvgIpc) is 3.33. The number of nitrogens with one attached hydrogen (secondary N) is 1. The Balaban J connectivity index is 1.69. The fraction of sp³-hybridized carbons (Fsp3) is 0.286. The van der Waals surface area contributed by atoms with Gasteiger partial charge in [0.05, 0.1) is 11.3 Å². The third-order valence-corrected chi connectivity index (χ3v) is 6.21. The lowest BCUT2D eigenvalue weighted by molar-refractivity contribution is -0.137. The molecule has 0 spiro atoms. The molecule has 0 saturated heterocycles. The lowest BCUT2D eigenvalue weighted by Gasteiger charge is -2.10. The van der Waals surface area contributed by atoms with Crippen molar-refractivity contribution in [3.63, 3.8) is 0 Å². The molecular formula is C21H21F3N4OS2. The molecule has 0 aliphatic carbocycles. The van der Waals surface area contributed by atoms with Crippen molar-refractivity contribution in [1.29, 1.82) is 0 Å². The van der Waals surface area contributed by atoms with E-state index >= 15 is 0 Å². The molecule has 2 heterocycles. The van der Waals surface area contributed by atoms with Crippen LogP contribution in [0.25, 0.3) is 11.4 Å². The van der Waals surface area contributed by atoms with Gasteiger partial charge < -0.3 is 5.32 Å². The number of amides is 1. The van der Waals surface area contributed by atoms with E-state index in [4.69, 9.17) is 0 Å². The Labute approximate surface area is 186 Å². The van der Waals surface area contributed by atoms with Gasteiger partial charge in [-0.05, 0) is 30.7 Å². The minimum Gasteiger partial charge on any atom is -0.325 e. The van der Waals surface area contributed by atoms with Gasteiger partial charge >= 0.3 is 6.18 Å². The summed E-state index contributed by atoms with van der Waals surface area (Å²) >= 11 is 2.84. The molecule has 2 aromatic heterocycles. The van der Waals surface area contributed by atoms with Gasteiger partial charge in [-0.25, -0.2) is 0 Å². The van der Waals surface area contributed by atoms with Crippen LogP contribution in [-0.2, 0) is 23.9 Å². The van der Waals surface area contributed by atoms with Gasteiger partial charge in [-0.15, -0.1) is 28.1 Å². The number of nitrogens with zero attached hydrogens (tertiary/aromatic N) is 3. The Kier molecular flexibility index (Phi) is 7.55. The summed E-state index contributed by atoms with van der Waals surface area (Å²) in [6, 6.07) is 6.63. The fourth-order valence-electron chi connectivity index (χ4n) is 2.88. The van der Waals surface area contributed by atoms with E-state index in [2.05, 4.69) is 35.1 Å². The summed E-state index contributed by atoms with van der Waals surface area (Å²) in [5.41, 5.74) is 0.241. The van der Waals surface area contributed by atoms with Gasteiger partial charge in [0.1, 0.15) is 0 Å². The number of carbonyl (C=O) groups excluding carboxylic acids is 1. The number of allylic oxidation sites excluding steroid dienone is 1. The maximum Gasteiger partial charge on any atom is 0.416 e. The van der Waals surface area contributed by atoms with Crippen LogP contribution in [0, 0.1) is 0 Å². The van der Waals surface area contributed by atoms with Crippen molar-refractivity contribution >= 4 is 34.7 Å². The van der Waals surface area contributed by atoms with E-state index in [-0.39, 0.29) is 11.4 Å². The molecule has 0 aliphatic rings. The van der Waals surface area contributed by atoms with Gasteiger partial charge in [0.2, 0.25) is 5.91 Å². The van der Waals surface area contributed by atoms with Crippen LogP contribution in [-0.4, -0.2) is 26.4 Å². The van der Waals surface area contributed by atoms with E-state index < -0.39 is 17.6 Å². The normalized spacial score (nSPS) is 11.5. The second-order valence-corrected chi connectivity index (χ2v) is 8.61. The predicted molar refractivity (Wildman–Crippen MR) is 118 cm³/mol. The van der Waals surface area contributed by atoms with Gasteiger partial charge in [0.15, 0.2) is 11.0 Å². The molecule has 10 heteroatoms. The molecule has 0 unspecified atom stereocenters. The van der Waals surface area contributed by atoms with E-state index in [1.807, 2.05) is 9.95 Å². The molecule has 0 fully saturated rings. The van der Waals surface area contributed by atoms with Crippen molar-refractivity contribution in [2.75, 3.05) is 11.1 Å². The molecule has 1 N–H and O–H groups in total. The molecule has 1 amide bonds. The van der Waals surface area contributed by atoms with Crippen molar-refractivity contribution in [3.8, 4) is 11.4 Å². The van der Waals surface area contributed by atoms with Crippen LogP contribution in [0.15, 0.2) is 53.5 Å². The molecule has 0 bridgehead atoms. The highest BCUT2D eigenvalue weighted by molar-refractivity contribution is 7.99. The third-order valence-electron chi connectivity index (χ3n) is 4.24. The number of carbonyl (C=O) groups is 1. The lowest BCUT2D eigenvalue weighted by atomic mass is 10.2. The zero-order chi connectivity index (χ0) is 22.4. The third kappa shape index (κ3) is 5.98. The Bertz CT molecular complexity index is 1060. The van der Waals surface area contributed by atoms with Crippen LogP contribution in [0.5, 0.6) is 0 Å². The monoisotopic (exact) mass is 466 g/mol. The zero-order valence-corrected chi connectivity index (χ0v) is 18.4. The molecule has 31 heavy (non-hydrogen) atoms. The minimum atomic E-state index is -4.47. The summed E-state index contributed by atoms with van der Waals surface area (Å²) in [6.45, 7) is 6.37. The molecule has 0 saturated carbocycles. The van der Waals surface area contributed by atoms with Gasteiger partial charge in [-0.2, -0.15) is 13.2 Å².